The van der Waals surface area contributed by atoms with E-state index in [1.165, 1.54) is 32.1 Å². The fraction of sp³-hybridized carbons (Fsp3) is 1.00. The molecule has 0 unspecified atom stereocenters. The molecule has 1 heterocycles. The van der Waals surface area contributed by atoms with Crippen molar-refractivity contribution in [1.82, 2.24) is 0 Å². The topological polar surface area (TPSA) is 9.23 Å². The minimum absolute atomic E-state index is 0.365. The van der Waals surface area contributed by atoms with Crippen LogP contribution in [0.5, 0.6) is 0 Å². The molecule has 1 nitrogen and oxygen atoms in total. The quantitative estimate of drug-likeness (QED) is 0.607. The summed E-state index contributed by atoms with van der Waals surface area (Å²) in [4.78, 5) is 0. The van der Waals surface area contributed by atoms with E-state index >= 15 is 0 Å². The zero-order valence-electron chi connectivity index (χ0n) is 8.88. The van der Waals surface area contributed by atoms with E-state index in [9.17, 15) is 0 Å². The van der Waals surface area contributed by atoms with Gasteiger partial charge in [-0.2, -0.15) is 0 Å². The zero-order valence-corrected chi connectivity index (χ0v) is 9.64. The molecule has 0 aromatic heterocycles. The number of ether oxygens (including phenoxy) is 1. The minimum atomic E-state index is 0.365. The van der Waals surface area contributed by atoms with Crippen LogP contribution in [0.15, 0.2) is 0 Å². The van der Waals surface area contributed by atoms with Crippen molar-refractivity contribution in [2.45, 2.75) is 62.8 Å². The van der Waals surface area contributed by atoms with Crippen LogP contribution in [0.3, 0.4) is 0 Å². The first-order valence-electron chi connectivity index (χ1n) is 6.12. The molecule has 2 rings (SSSR count). The Morgan fingerprint density at radius 1 is 0.929 bits per heavy atom. The fourth-order valence-electron chi connectivity index (χ4n) is 2.81. The predicted octanol–water partition coefficient (Wildman–Crippen LogP) is 3.74. The van der Waals surface area contributed by atoms with Crippen molar-refractivity contribution < 1.29 is 4.74 Å². The van der Waals surface area contributed by atoms with Crippen molar-refractivity contribution in [3.63, 3.8) is 0 Å². The lowest BCUT2D eigenvalue weighted by molar-refractivity contribution is 0.00484. The van der Waals surface area contributed by atoms with Crippen LogP contribution < -0.4 is 0 Å². The van der Waals surface area contributed by atoms with Gasteiger partial charge < -0.3 is 4.74 Å². The maximum Gasteiger partial charge on any atom is 0.0617 e. The number of hydrogen-bond donors (Lipinski definition) is 0. The van der Waals surface area contributed by atoms with E-state index in [-0.39, 0.29) is 0 Å². The summed E-state index contributed by atoms with van der Waals surface area (Å²) in [5.41, 5.74) is 0. The smallest absolute Gasteiger partial charge is 0.0617 e. The van der Waals surface area contributed by atoms with Gasteiger partial charge in [0.1, 0.15) is 0 Å². The van der Waals surface area contributed by atoms with Crippen molar-refractivity contribution in [3.8, 4) is 0 Å². The van der Waals surface area contributed by atoms with Crippen LogP contribution >= 0.6 is 11.6 Å². The van der Waals surface area contributed by atoms with E-state index in [4.69, 9.17) is 16.3 Å². The van der Waals surface area contributed by atoms with Gasteiger partial charge in [0, 0.05) is 12.0 Å². The Hall–Kier alpha value is 0.250. The van der Waals surface area contributed by atoms with Crippen LogP contribution in [0.2, 0.25) is 0 Å². The monoisotopic (exact) mass is 216 g/mol. The molecular weight excluding hydrogens is 196 g/mol. The molecule has 2 aliphatic rings. The van der Waals surface area contributed by atoms with Crippen LogP contribution in [0.1, 0.15) is 51.4 Å². The SMILES string of the molecule is Cl[C@@H]1CCCO[C@H](C2CCCCC2)C1. The highest BCUT2D eigenvalue weighted by Crippen LogP contribution is 2.32. The largest absolute Gasteiger partial charge is 0.378 e. The Morgan fingerprint density at radius 3 is 2.50 bits per heavy atom. The maximum atomic E-state index is 6.26. The third kappa shape index (κ3) is 2.87. The Bertz CT molecular complexity index is 166. The number of rotatable bonds is 1. The lowest BCUT2D eigenvalue weighted by Gasteiger charge is -2.29. The second kappa shape index (κ2) is 5.37. The van der Waals surface area contributed by atoms with Crippen LogP contribution in [-0.2, 0) is 4.74 Å². The minimum Gasteiger partial charge on any atom is -0.378 e. The van der Waals surface area contributed by atoms with E-state index < -0.39 is 0 Å². The van der Waals surface area contributed by atoms with Crippen LogP contribution in [-0.4, -0.2) is 18.1 Å². The molecule has 2 heteroatoms. The second-order valence-electron chi connectivity index (χ2n) is 4.78. The van der Waals surface area contributed by atoms with Crippen molar-refractivity contribution in [1.29, 1.82) is 0 Å². The molecule has 1 saturated carbocycles. The maximum absolute atomic E-state index is 6.26. The van der Waals surface area contributed by atoms with E-state index in [1.54, 1.807) is 0 Å². The van der Waals surface area contributed by atoms with Gasteiger partial charge in [-0.15, -0.1) is 11.6 Å². The standard InChI is InChI=1S/C12H21ClO/c13-11-7-4-8-14-12(9-11)10-5-2-1-3-6-10/h10-12H,1-9H2/t11-,12+/m1/s1. The Morgan fingerprint density at radius 2 is 1.71 bits per heavy atom. The number of hydrogen-bond acceptors (Lipinski definition) is 1. The summed E-state index contributed by atoms with van der Waals surface area (Å²) in [7, 11) is 0. The molecule has 0 radical (unpaired) electrons. The molecule has 0 aromatic rings. The lowest BCUT2D eigenvalue weighted by atomic mass is 9.83. The van der Waals surface area contributed by atoms with Gasteiger partial charge in [0.25, 0.3) is 0 Å². The van der Waals surface area contributed by atoms with Gasteiger partial charge in [-0.05, 0) is 38.0 Å². The summed E-state index contributed by atoms with van der Waals surface area (Å²) in [5.74, 6) is 0.808. The Labute approximate surface area is 92.2 Å². The molecule has 2 atom stereocenters. The van der Waals surface area contributed by atoms with Gasteiger partial charge in [-0.3, -0.25) is 0 Å². The van der Waals surface area contributed by atoms with Crippen molar-refractivity contribution in [2.24, 2.45) is 5.92 Å². The Kier molecular flexibility index (Phi) is 4.12. The predicted molar refractivity (Wildman–Crippen MR) is 59.8 cm³/mol. The lowest BCUT2D eigenvalue weighted by Crippen LogP contribution is -2.27. The van der Waals surface area contributed by atoms with Crippen LogP contribution in [0.4, 0.5) is 0 Å². The summed E-state index contributed by atoms with van der Waals surface area (Å²) < 4.78 is 5.93. The first kappa shape index (κ1) is 10.8. The van der Waals surface area contributed by atoms with Crippen molar-refractivity contribution in [2.75, 3.05) is 6.61 Å². The van der Waals surface area contributed by atoms with Crippen molar-refractivity contribution >= 4 is 11.6 Å². The molecule has 0 aromatic carbocycles. The van der Waals surface area contributed by atoms with E-state index in [1.807, 2.05) is 0 Å². The highest BCUT2D eigenvalue weighted by molar-refractivity contribution is 6.20. The molecule has 0 spiro atoms. The fourth-order valence-corrected chi connectivity index (χ4v) is 3.14. The highest BCUT2D eigenvalue weighted by Gasteiger charge is 2.27. The highest BCUT2D eigenvalue weighted by atomic mass is 35.5. The van der Waals surface area contributed by atoms with Crippen LogP contribution in [0.25, 0.3) is 0 Å². The van der Waals surface area contributed by atoms with E-state index in [2.05, 4.69) is 0 Å². The molecule has 0 N–H and O–H groups in total. The number of alkyl halides is 1. The average molecular weight is 217 g/mol. The third-order valence-corrected chi connectivity index (χ3v) is 4.05. The molecular formula is C12H21ClO. The first-order chi connectivity index (χ1) is 6.86. The molecule has 14 heavy (non-hydrogen) atoms. The molecule has 1 saturated heterocycles. The van der Waals surface area contributed by atoms with Crippen LogP contribution in [0, 0.1) is 5.92 Å². The van der Waals surface area contributed by atoms with Gasteiger partial charge >= 0.3 is 0 Å². The zero-order chi connectivity index (χ0) is 9.80. The summed E-state index contributed by atoms with van der Waals surface area (Å²) in [6.45, 7) is 0.935. The normalized spacial score (nSPS) is 36.6. The molecule has 1 aliphatic heterocycles. The van der Waals surface area contributed by atoms with Gasteiger partial charge in [0.15, 0.2) is 0 Å². The summed E-state index contributed by atoms with van der Waals surface area (Å²) in [6, 6.07) is 0. The van der Waals surface area contributed by atoms with Gasteiger partial charge in [-0.25, -0.2) is 0 Å². The van der Waals surface area contributed by atoms with Gasteiger partial charge in [0.05, 0.1) is 6.10 Å². The summed E-state index contributed by atoms with van der Waals surface area (Å²) in [5, 5.41) is 0.365. The average Bonchev–Trinajstić information content (AvgIpc) is 2.44. The van der Waals surface area contributed by atoms with Gasteiger partial charge in [-0.1, -0.05) is 19.3 Å². The van der Waals surface area contributed by atoms with E-state index in [0.717, 1.165) is 31.8 Å². The molecule has 2 fully saturated rings. The molecule has 0 amide bonds. The summed E-state index contributed by atoms with van der Waals surface area (Å²) in [6.07, 6.45) is 10.8. The van der Waals surface area contributed by atoms with E-state index in [0.29, 0.717) is 11.5 Å². The summed E-state index contributed by atoms with van der Waals surface area (Å²) >= 11 is 6.26. The first-order valence-corrected chi connectivity index (χ1v) is 6.55. The third-order valence-electron chi connectivity index (χ3n) is 3.66. The van der Waals surface area contributed by atoms with Crippen molar-refractivity contribution in [3.05, 3.63) is 0 Å². The molecule has 82 valence electrons. The Balaban J connectivity index is 1.87. The van der Waals surface area contributed by atoms with Gasteiger partial charge in [0.2, 0.25) is 0 Å². The molecule has 1 aliphatic carbocycles. The molecule has 0 bridgehead atoms. The second-order valence-corrected chi connectivity index (χ2v) is 5.40. The number of halogens is 1.